The van der Waals surface area contributed by atoms with Crippen LogP contribution in [0.25, 0.3) is 0 Å². The van der Waals surface area contributed by atoms with Crippen LogP contribution in [0.2, 0.25) is 0 Å². The molecule has 0 saturated carbocycles. The molecule has 0 radical (unpaired) electrons. The molecule has 0 heterocycles. The minimum atomic E-state index is -1.53. The predicted molar refractivity (Wildman–Crippen MR) is 81.7 cm³/mol. The molecule has 0 saturated heterocycles. The van der Waals surface area contributed by atoms with Crippen molar-refractivity contribution < 1.29 is 19.5 Å². The summed E-state index contributed by atoms with van der Waals surface area (Å²) in [5, 5.41) is 10.6. The molecule has 0 aliphatic rings. The molecule has 0 unspecified atom stereocenters. The van der Waals surface area contributed by atoms with Crippen LogP contribution in [0.5, 0.6) is 5.75 Å². The average Bonchev–Trinajstić information content (AvgIpc) is 2.48. The molecule has 22 heavy (non-hydrogen) atoms. The fraction of sp³-hybridized carbons (Fsp3) is 0.467. The molecule has 0 fully saturated rings. The van der Waals surface area contributed by atoms with Gasteiger partial charge in [0.25, 0.3) is 0 Å². The highest BCUT2D eigenvalue weighted by atomic mass is 16.7. The Morgan fingerprint density at radius 2 is 2.00 bits per heavy atom. The molecule has 7 nitrogen and oxygen atoms in total. The topological polar surface area (TPSA) is 105 Å². The van der Waals surface area contributed by atoms with E-state index in [4.69, 9.17) is 10.6 Å². The van der Waals surface area contributed by atoms with Crippen LogP contribution in [0.1, 0.15) is 33.1 Å². The number of nitrogens with one attached hydrogen (secondary N) is 1. The van der Waals surface area contributed by atoms with Gasteiger partial charge in [-0.2, -0.15) is 0 Å². The Hall–Kier alpha value is -2.12. The normalized spacial score (nSPS) is 13.5. The number of nitrogens with zero attached hydrogens (tertiary/aromatic N) is 1. The van der Waals surface area contributed by atoms with E-state index in [0.29, 0.717) is 12.2 Å². The highest BCUT2D eigenvalue weighted by Crippen LogP contribution is 2.23. The van der Waals surface area contributed by atoms with Gasteiger partial charge in [0, 0.05) is 13.5 Å². The number of hydrogen-bond donors (Lipinski definition) is 3. The molecule has 7 heteroatoms. The minimum absolute atomic E-state index is 0.199. The van der Waals surface area contributed by atoms with Gasteiger partial charge in [-0.1, -0.05) is 38.0 Å². The summed E-state index contributed by atoms with van der Waals surface area (Å²) in [5.41, 5.74) is 6.62. The number of hydrogen-bond acceptors (Lipinski definition) is 5. The number of hydroxylamine groups is 1. The number of carbonyl (C=O) groups is 2. The quantitative estimate of drug-likeness (QED) is 0.594. The highest BCUT2D eigenvalue weighted by molar-refractivity contribution is 5.80. The number of carboxylic acid groups (broad SMARTS) is 1. The molecule has 0 aromatic heterocycles. The predicted octanol–water partition coefficient (Wildman–Crippen LogP) is 1.31. The van der Waals surface area contributed by atoms with E-state index in [1.54, 1.807) is 30.3 Å². The molecule has 4 N–H and O–H groups in total. The third kappa shape index (κ3) is 4.44. The Morgan fingerprint density at radius 3 is 2.45 bits per heavy atom. The average molecular weight is 309 g/mol. The summed E-state index contributed by atoms with van der Waals surface area (Å²) in [4.78, 5) is 28.8. The van der Waals surface area contributed by atoms with Gasteiger partial charge in [0.2, 0.25) is 5.91 Å². The lowest BCUT2D eigenvalue weighted by molar-refractivity contribution is -0.205. The number of benzene rings is 1. The van der Waals surface area contributed by atoms with Crippen molar-refractivity contribution in [1.82, 2.24) is 10.6 Å². The van der Waals surface area contributed by atoms with Crippen LogP contribution in [0.4, 0.5) is 0 Å². The van der Waals surface area contributed by atoms with Crippen LogP contribution < -0.4 is 16.0 Å². The Kier molecular flexibility index (Phi) is 6.81. The van der Waals surface area contributed by atoms with E-state index in [1.165, 1.54) is 6.92 Å². The molecule has 0 aliphatic carbocycles. The van der Waals surface area contributed by atoms with Gasteiger partial charge >= 0.3 is 5.97 Å². The highest BCUT2D eigenvalue weighted by Gasteiger charge is 2.46. The third-order valence-corrected chi connectivity index (χ3v) is 3.27. The van der Waals surface area contributed by atoms with E-state index in [-0.39, 0.29) is 13.0 Å². The number of unbranched alkanes of at least 4 members (excludes halogenated alkanes) is 1. The summed E-state index contributed by atoms with van der Waals surface area (Å²) >= 11 is 0. The van der Waals surface area contributed by atoms with E-state index in [9.17, 15) is 14.7 Å². The maximum Gasteiger partial charge on any atom is 0.331 e. The number of rotatable bonds is 9. The second-order valence-corrected chi connectivity index (χ2v) is 5.01. The van der Waals surface area contributed by atoms with E-state index in [0.717, 1.165) is 11.6 Å². The van der Waals surface area contributed by atoms with Gasteiger partial charge in [0.15, 0.2) is 5.54 Å². The lowest BCUT2D eigenvalue weighted by Crippen LogP contribution is -2.66. The lowest BCUT2D eigenvalue weighted by atomic mass is 9.93. The van der Waals surface area contributed by atoms with Gasteiger partial charge in [-0.05, 0) is 23.7 Å². The molecule has 1 rings (SSSR count). The second kappa shape index (κ2) is 8.35. The molecule has 122 valence electrons. The van der Waals surface area contributed by atoms with Gasteiger partial charge in [0.1, 0.15) is 5.75 Å². The van der Waals surface area contributed by atoms with Crippen molar-refractivity contribution in [2.75, 3.05) is 6.54 Å². The Balaban J connectivity index is 3.12. The van der Waals surface area contributed by atoms with Gasteiger partial charge < -0.3 is 15.7 Å². The van der Waals surface area contributed by atoms with Crippen molar-refractivity contribution in [3.63, 3.8) is 0 Å². The van der Waals surface area contributed by atoms with E-state index < -0.39 is 17.4 Å². The van der Waals surface area contributed by atoms with E-state index in [2.05, 4.69) is 5.43 Å². The summed E-state index contributed by atoms with van der Waals surface area (Å²) in [7, 11) is 0. The summed E-state index contributed by atoms with van der Waals surface area (Å²) < 4.78 is 0. The summed E-state index contributed by atoms with van der Waals surface area (Å²) in [6.07, 6.45) is 1.69. The van der Waals surface area contributed by atoms with E-state index in [1.807, 2.05) is 6.92 Å². The first-order valence-electron chi connectivity index (χ1n) is 7.20. The zero-order chi connectivity index (χ0) is 16.6. The Morgan fingerprint density at radius 1 is 1.36 bits per heavy atom. The van der Waals surface area contributed by atoms with Crippen LogP contribution in [0, 0.1) is 0 Å². The zero-order valence-corrected chi connectivity index (χ0v) is 12.9. The molecule has 0 spiro atoms. The van der Waals surface area contributed by atoms with Gasteiger partial charge in [-0.25, -0.2) is 4.79 Å². The van der Waals surface area contributed by atoms with Crippen molar-refractivity contribution >= 4 is 11.9 Å². The number of hydrazine groups is 1. The molecule has 1 aromatic carbocycles. The van der Waals surface area contributed by atoms with Crippen LogP contribution in [0.3, 0.4) is 0 Å². The standard InChI is InChI=1S/C15H23N3O4/c1-3-4-10-15(11-16,14(20)21)18(17-12(2)19)22-13-8-6-5-7-9-13/h5-9H,3-4,10-11,16H2,1-2H3,(H,17,19)(H,20,21)/t15-/m1/s1. The first-order chi connectivity index (χ1) is 10.5. The zero-order valence-electron chi connectivity index (χ0n) is 12.9. The van der Waals surface area contributed by atoms with Crippen molar-refractivity contribution in [2.45, 2.75) is 38.6 Å². The molecular formula is C15H23N3O4. The number of para-hydroxylation sites is 1. The number of carbonyl (C=O) groups excluding carboxylic acids is 1. The van der Waals surface area contributed by atoms with Crippen molar-refractivity contribution in [3.8, 4) is 5.75 Å². The first-order valence-corrected chi connectivity index (χ1v) is 7.20. The molecule has 1 atom stereocenters. The fourth-order valence-corrected chi connectivity index (χ4v) is 1.98. The first kappa shape index (κ1) is 17.9. The van der Waals surface area contributed by atoms with Crippen LogP contribution in [-0.4, -0.2) is 34.2 Å². The second-order valence-electron chi connectivity index (χ2n) is 5.01. The third-order valence-electron chi connectivity index (χ3n) is 3.27. The number of carboxylic acids is 1. The lowest BCUT2D eigenvalue weighted by Gasteiger charge is -2.37. The Bertz CT molecular complexity index is 495. The largest absolute Gasteiger partial charge is 0.480 e. The van der Waals surface area contributed by atoms with Gasteiger partial charge in [-0.15, -0.1) is 0 Å². The van der Waals surface area contributed by atoms with E-state index >= 15 is 0 Å². The number of nitrogens with two attached hydrogens (primary N) is 1. The van der Waals surface area contributed by atoms with Crippen LogP contribution in [-0.2, 0) is 9.59 Å². The van der Waals surface area contributed by atoms with Crippen molar-refractivity contribution in [1.29, 1.82) is 0 Å². The smallest absolute Gasteiger partial charge is 0.331 e. The number of aliphatic carboxylic acids is 1. The number of amides is 1. The summed E-state index contributed by atoms with van der Waals surface area (Å²) in [6, 6.07) is 8.63. The molecule has 1 aromatic rings. The minimum Gasteiger partial charge on any atom is -0.480 e. The molecule has 0 aliphatic heterocycles. The maximum absolute atomic E-state index is 11.8. The summed E-state index contributed by atoms with van der Waals surface area (Å²) in [6.45, 7) is 3.03. The maximum atomic E-state index is 11.8. The van der Waals surface area contributed by atoms with Gasteiger partial charge in [-0.3, -0.25) is 10.2 Å². The Labute approximate surface area is 130 Å². The van der Waals surface area contributed by atoms with Crippen molar-refractivity contribution in [2.24, 2.45) is 5.73 Å². The van der Waals surface area contributed by atoms with Crippen LogP contribution in [0.15, 0.2) is 30.3 Å². The van der Waals surface area contributed by atoms with Gasteiger partial charge in [0.05, 0.1) is 0 Å². The SMILES string of the molecule is CCCC[C@@](CN)(C(=O)O)N(NC(C)=O)Oc1ccccc1. The van der Waals surface area contributed by atoms with Crippen LogP contribution >= 0.6 is 0 Å². The monoisotopic (exact) mass is 309 g/mol. The van der Waals surface area contributed by atoms with Crippen molar-refractivity contribution in [3.05, 3.63) is 30.3 Å². The fourth-order valence-electron chi connectivity index (χ4n) is 1.98. The molecule has 0 bridgehead atoms. The molecule has 1 amide bonds. The summed E-state index contributed by atoms with van der Waals surface area (Å²) in [5.74, 6) is -1.17. The molecular weight excluding hydrogens is 286 g/mol.